The van der Waals surface area contributed by atoms with Crippen LogP contribution in [0.3, 0.4) is 0 Å². The number of rotatable bonds is 1. The second-order valence-electron chi connectivity index (χ2n) is 3.38. The van der Waals surface area contributed by atoms with Crippen LogP contribution in [0.1, 0.15) is 11.6 Å². The van der Waals surface area contributed by atoms with E-state index in [0.717, 1.165) is 4.47 Å². The molecule has 0 saturated carbocycles. The zero-order chi connectivity index (χ0) is 10.8. The van der Waals surface area contributed by atoms with Gasteiger partial charge in [-0.3, -0.25) is 4.79 Å². The van der Waals surface area contributed by atoms with Crippen molar-refractivity contribution in [2.24, 2.45) is 0 Å². The molecular weight excluding hydrogens is 260 g/mol. The predicted octanol–water partition coefficient (Wildman–Crippen LogP) is 0.915. The van der Waals surface area contributed by atoms with Crippen molar-refractivity contribution in [2.45, 2.75) is 6.04 Å². The minimum Gasteiger partial charge on any atom is -0.508 e. The molecule has 4 nitrogen and oxygen atoms in total. The van der Waals surface area contributed by atoms with E-state index in [9.17, 15) is 9.90 Å². The molecule has 1 aliphatic heterocycles. The van der Waals surface area contributed by atoms with Crippen molar-refractivity contribution in [1.82, 2.24) is 10.6 Å². The molecule has 0 bridgehead atoms. The van der Waals surface area contributed by atoms with Gasteiger partial charge < -0.3 is 15.7 Å². The average molecular weight is 271 g/mol. The number of hydrogen-bond acceptors (Lipinski definition) is 3. The second kappa shape index (κ2) is 4.20. The summed E-state index contributed by atoms with van der Waals surface area (Å²) in [5, 5.41) is 15.5. The van der Waals surface area contributed by atoms with E-state index in [1.807, 2.05) is 0 Å². The van der Waals surface area contributed by atoms with E-state index in [2.05, 4.69) is 26.6 Å². The van der Waals surface area contributed by atoms with Crippen LogP contribution in [0.4, 0.5) is 0 Å². The molecule has 3 N–H and O–H groups in total. The van der Waals surface area contributed by atoms with Crippen molar-refractivity contribution in [3.63, 3.8) is 0 Å². The Hall–Kier alpha value is -1.07. The summed E-state index contributed by atoms with van der Waals surface area (Å²) in [4.78, 5) is 11.6. The number of phenols is 1. The molecule has 1 aromatic carbocycles. The molecule has 2 rings (SSSR count). The van der Waals surface area contributed by atoms with Gasteiger partial charge in [-0.2, -0.15) is 0 Å². The van der Waals surface area contributed by atoms with Crippen LogP contribution in [-0.2, 0) is 4.79 Å². The van der Waals surface area contributed by atoms with Crippen LogP contribution in [0.15, 0.2) is 22.7 Å². The normalized spacial score (nSPS) is 21.1. The third-order valence-corrected chi connectivity index (χ3v) is 2.83. The monoisotopic (exact) mass is 270 g/mol. The van der Waals surface area contributed by atoms with Gasteiger partial charge in [-0.05, 0) is 18.2 Å². The smallest absolute Gasteiger partial charge is 0.241 e. The van der Waals surface area contributed by atoms with E-state index >= 15 is 0 Å². The highest BCUT2D eigenvalue weighted by molar-refractivity contribution is 9.10. The Kier molecular flexibility index (Phi) is 2.93. The largest absolute Gasteiger partial charge is 0.508 e. The van der Waals surface area contributed by atoms with Crippen LogP contribution < -0.4 is 10.6 Å². The number of benzene rings is 1. The maximum absolute atomic E-state index is 11.6. The summed E-state index contributed by atoms with van der Waals surface area (Å²) in [5.41, 5.74) is 0.599. The molecule has 5 heteroatoms. The summed E-state index contributed by atoms with van der Waals surface area (Å²) in [6.07, 6.45) is 0. The molecule has 1 amide bonds. The molecule has 80 valence electrons. The number of aromatic hydroxyl groups is 1. The first kappa shape index (κ1) is 10.4. The number of amides is 1. The van der Waals surface area contributed by atoms with Gasteiger partial charge in [0.05, 0.1) is 0 Å². The highest BCUT2D eigenvalue weighted by atomic mass is 79.9. The van der Waals surface area contributed by atoms with Gasteiger partial charge in [-0.15, -0.1) is 0 Å². The standard InChI is InChI=1S/C10H11BrN2O2/c11-6-1-2-8(14)7(5-6)9-10(15)13-4-3-12-9/h1-2,5,9,12,14H,3-4H2,(H,13,15). The van der Waals surface area contributed by atoms with E-state index in [1.54, 1.807) is 18.2 Å². The highest BCUT2D eigenvalue weighted by Gasteiger charge is 2.25. The fourth-order valence-electron chi connectivity index (χ4n) is 1.60. The maximum Gasteiger partial charge on any atom is 0.241 e. The number of piperazine rings is 1. The summed E-state index contributed by atoms with van der Waals surface area (Å²) in [6.45, 7) is 1.34. The number of carbonyl (C=O) groups is 1. The van der Waals surface area contributed by atoms with Gasteiger partial charge in [0.25, 0.3) is 0 Å². The third-order valence-electron chi connectivity index (χ3n) is 2.34. The zero-order valence-corrected chi connectivity index (χ0v) is 9.54. The lowest BCUT2D eigenvalue weighted by atomic mass is 10.0. The third kappa shape index (κ3) is 2.13. The van der Waals surface area contributed by atoms with Gasteiger partial charge in [0.2, 0.25) is 5.91 Å². The molecule has 1 atom stereocenters. The minimum absolute atomic E-state index is 0.102. The van der Waals surface area contributed by atoms with Crippen LogP contribution in [0.25, 0.3) is 0 Å². The lowest BCUT2D eigenvalue weighted by molar-refractivity contribution is -0.124. The zero-order valence-electron chi connectivity index (χ0n) is 7.96. The number of halogens is 1. The predicted molar refractivity (Wildman–Crippen MR) is 59.6 cm³/mol. The molecule has 0 spiro atoms. The Balaban J connectivity index is 2.34. The average Bonchev–Trinajstić information content (AvgIpc) is 2.23. The summed E-state index contributed by atoms with van der Waals surface area (Å²) in [6, 6.07) is 4.59. The molecule has 1 saturated heterocycles. The molecule has 1 aromatic rings. The van der Waals surface area contributed by atoms with Crippen LogP contribution in [0.5, 0.6) is 5.75 Å². The summed E-state index contributed by atoms with van der Waals surface area (Å²) >= 11 is 3.31. The van der Waals surface area contributed by atoms with Crippen molar-refractivity contribution in [1.29, 1.82) is 0 Å². The summed E-state index contributed by atoms with van der Waals surface area (Å²) < 4.78 is 0.843. The molecule has 0 aliphatic carbocycles. The van der Waals surface area contributed by atoms with E-state index < -0.39 is 6.04 Å². The highest BCUT2D eigenvalue weighted by Crippen LogP contribution is 2.28. The van der Waals surface area contributed by atoms with Gasteiger partial charge in [0, 0.05) is 23.1 Å². The Bertz CT molecular complexity index is 395. The van der Waals surface area contributed by atoms with E-state index in [-0.39, 0.29) is 11.7 Å². The first-order valence-electron chi connectivity index (χ1n) is 4.68. The number of nitrogens with one attached hydrogen (secondary N) is 2. The minimum atomic E-state index is -0.462. The first-order chi connectivity index (χ1) is 7.18. The van der Waals surface area contributed by atoms with Crippen molar-refractivity contribution < 1.29 is 9.90 Å². The van der Waals surface area contributed by atoms with Crippen LogP contribution in [0.2, 0.25) is 0 Å². The van der Waals surface area contributed by atoms with Gasteiger partial charge in [0.1, 0.15) is 11.8 Å². The molecule has 0 aromatic heterocycles. The fraction of sp³-hybridized carbons (Fsp3) is 0.300. The molecule has 1 fully saturated rings. The molecule has 15 heavy (non-hydrogen) atoms. The SMILES string of the molecule is O=C1NCCNC1c1cc(Br)ccc1O. The lowest BCUT2D eigenvalue weighted by Crippen LogP contribution is -2.47. The Morgan fingerprint density at radius 3 is 2.93 bits per heavy atom. The van der Waals surface area contributed by atoms with E-state index in [1.165, 1.54) is 0 Å². The van der Waals surface area contributed by atoms with E-state index in [4.69, 9.17) is 0 Å². The Labute approximate surface area is 95.8 Å². The Morgan fingerprint density at radius 1 is 1.40 bits per heavy atom. The van der Waals surface area contributed by atoms with Crippen LogP contribution in [-0.4, -0.2) is 24.1 Å². The van der Waals surface area contributed by atoms with Gasteiger partial charge in [-0.25, -0.2) is 0 Å². The molecule has 1 unspecified atom stereocenters. The van der Waals surface area contributed by atoms with Gasteiger partial charge in [0.15, 0.2) is 0 Å². The first-order valence-corrected chi connectivity index (χ1v) is 5.47. The summed E-state index contributed by atoms with van der Waals surface area (Å²) in [5.74, 6) is 0.0300. The molecule has 1 aliphatic rings. The number of phenolic OH excluding ortho intramolecular Hbond substituents is 1. The fourth-order valence-corrected chi connectivity index (χ4v) is 1.98. The number of carbonyl (C=O) groups excluding carboxylic acids is 1. The van der Waals surface area contributed by atoms with Gasteiger partial charge >= 0.3 is 0 Å². The Morgan fingerprint density at radius 2 is 2.20 bits per heavy atom. The molecule has 0 radical (unpaired) electrons. The van der Waals surface area contributed by atoms with Crippen molar-refractivity contribution >= 4 is 21.8 Å². The lowest BCUT2D eigenvalue weighted by Gasteiger charge is -2.24. The molecule has 1 heterocycles. The second-order valence-corrected chi connectivity index (χ2v) is 4.30. The molecular formula is C10H11BrN2O2. The quantitative estimate of drug-likeness (QED) is 0.711. The van der Waals surface area contributed by atoms with E-state index in [0.29, 0.717) is 18.7 Å². The van der Waals surface area contributed by atoms with Crippen molar-refractivity contribution in [3.8, 4) is 5.75 Å². The van der Waals surface area contributed by atoms with Crippen LogP contribution in [0, 0.1) is 0 Å². The topological polar surface area (TPSA) is 61.4 Å². The van der Waals surface area contributed by atoms with Crippen molar-refractivity contribution in [2.75, 3.05) is 13.1 Å². The summed E-state index contributed by atoms with van der Waals surface area (Å²) in [7, 11) is 0. The van der Waals surface area contributed by atoms with Gasteiger partial charge in [-0.1, -0.05) is 15.9 Å². The van der Waals surface area contributed by atoms with Crippen LogP contribution >= 0.6 is 15.9 Å². The number of hydrogen-bond donors (Lipinski definition) is 3. The maximum atomic E-state index is 11.6. The van der Waals surface area contributed by atoms with Crippen molar-refractivity contribution in [3.05, 3.63) is 28.2 Å².